The molecule has 1 heterocycles. The molecule has 0 fully saturated rings. The van der Waals surface area contributed by atoms with Crippen LogP contribution < -0.4 is 5.32 Å². The van der Waals surface area contributed by atoms with Gasteiger partial charge in [0.15, 0.2) is 0 Å². The summed E-state index contributed by atoms with van der Waals surface area (Å²) in [4.78, 5) is 14.2. The van der Waals surface area contributed by atoms with Crippen molar-refractivity contribution in [2.45, 2.75) is 25.4 Å². The fraction of sp³-hybridized carbons (Fsp3) is 0.400. The topological polar surface area (TPSA) is 42.0 Å². The van der Waals surface area contributed by atoms with E-state index in [2.05, 4.69) is 4.98 Å². The molecule has 0 radical (unpaired) electrons. The second-order valence-corrected chi connectivity index (χ2v) is 3.55. The first-order chi connectivity index (χ1) is 8.57. The van der Waals surface area contributed by atoms with Crippen molar-refractivity contribution in [3.05, 3.63) is 23.8 Å². The monoisotopic (exact) mass is 286 g/mol. The molecule has 1 aromatic rings. The minimum atomic E-state index is -6.02. The molecule has 1 N–H and O–H groups in total. The highest BCUT2D eigenvalue weighted by molar-refractivity contribution is 5.96. The number of hydrogen-bond donors (Lipinski definition) is 1. The van der Waals surface area contributed by atoms with Gasteiger partial charge in [0.1, 0.15) is 0 Å². The van der Waals surface area contributed by atoms with Crippen LogP contribution in [0.15, 0.2) is 12.1 Å². The summed E-state index contributed by atoms with van der Waals surface area (Å²) >= 11 is 0. The Labute approximate surface area is 103 Å². The van der Waals surface area contributed by atoms with E-state index in [1.807, 2.05) is 0 Å². The molecule has 1 amide bonds. The fourth-order valence-electron chi connectivity index (χ4n) is 1.14. The molecule has 0 aliphatic rings. The summed E-state index contributed by atoms with van der Waals surface area (Å²) in [5.74, 6) is -9.23. The number of aryl methyl sites for hydroxylation is 1. The molecular weight excluding hydrogens is 278 g/mol. The molecule has 0 aliphatic heterocycles. The van der Waals surface area contributed by atoms with Crippen LogP contribution in [0.5, 0.6) is 0 Å². The van der Waals surface area contributed by atoms with Gasteiger partial charge in [-0.2, -0.15) is 26.3 Å². The van der Waals surface area contributed by atoms with E-state index in [0.29, 0.717) is 6.07 Å². The van der Waals surface area contributed by atoms with Crippen LogP contribution >= 0.6 is 0 Å². The predicted octanol–water partition coefficient (Wildman–Crippen LogP) is 2.92. The van der Waals surface area contributed by atoms with Crippen LogP contribution in [0.2, 0.25) is 0 Å². The van der Waals surface area contributed by atoms with Crippen LogP contribution in [0, 0.1) is 5.95 Å². The van der Waals surface area contributed by atoms with E-state index in [9.17, 15) is 31.1 Å². The summed E-state index contributed by atoms with van der Waals surface area (Å²) in [5.41, 5.74) is -0.413. The average Bonchev–Trinajstić information content (AvgIpc) is 2.26. The Morgan fingerprint density at radius 1 is 1.26 bits per heavy atom. The first-order valence-corrected chi connectivity index (χ1v) is 5.00. The van der Waals surface area contributed by atoms with Crippen LogP contribution in [0.1, 0.15) is 12.6 Å². The second-order valence-electron chi connectivity index (χ2n) is 3.55. The summed E-state index contributed by atoms with van der Waals surface area (Å²) in [7, 11) is 0. The molecule has 0 aromatic carbocycles. The van der Waals surface area contributed by atoms with Crippen LogP contribution in [-0.2, 0) is 11.2 Å². The predicted molar refractivity (Wildman–Crippen MR) is 53.2 cm³/mol. The van der Waals surface area contributed by atoms with Crippen molar-refractivity contribution >= 4 is 11.6 Å². The molecule has 3 nitrogen and oxygen atoms in total. The van der Waals surface area contributed by atoms with Crippen molar-refractivity contribution in [1.82, 2.24) is 4.98 Å². The van der Waals surface area contributed by atoms with Crippen molar-refractivity contribution in [1.29, 1.82) is 0 Å². The summed E-state index contributed by atoms with van der Waals surface area (Å²) in [6, 6.07) is 1.55. The van der Waals surface area contributed by atoms with E-state index < -0.39 is 29.6 Å². The highest BCUT2D eigenvalue weighted by atomic mass is 19.4. The van der Waals surface area contributed by atoms with Gasteiger partial charge in [-0.25, -0.2) is 4.98 Å². The van der Waals surface area contributed by atoms with E-state index in [1.54, 1.807) is 6.92 Å². The minimum absolute atomic E-state index is 0.102. The third-order valence-electron chi connectivity index (χ3n) is 2.11. The molecule has 0 atom stereocenters. The summed E-state index contributed by atoms with van der Waals surface area (Å²) in [5, 5.41) is 1.32. The van der Waals surface area contributed by atoms with Crippen LogP contribution in [-0.4, -0.2) is 23.0 Å². The molecule has 0 saturated carbocycles. The van der Waals surface area contributed by atoms with Gasteiger partial charge in [-0.3, -0.25) is 4.79 Å². The Kier molecular flexibility index (Phi) is 4.06. The van der Waals surface area contributed by atoms with Crippen LogP contribution in [0.25, 0.3) is 0 Å². The molecule has 1 aromatic heterocycles. The molecule has 19 heavy (non-hydrogen) atoms. The van der Waals surface area contributed by atoms with E-state index in [1.165, 1.54) is 5.32 Å². The van der Waals surface area contributed by atoms with Gasteiger partial charge in [-0.15, -0.1) is 0 Å². The number of aromatic nitrogens is 1. The zero-order valence-corrected chi connectivity index (χ0v) is 9.49. The molecule has 0 aliphatic carbocycles. The number of rotatable bonds is 3. The first-order valence-electron chi connectivity index (χ1n) is 5.00. The number of hydrogen-bond acceptors (Lipinski definition) is 2. The zero-order chi connectivity index (χ0) is 14.8. The lowest BCUT2D eigenvalue weighted by molar-refractivity contribution is -0.267. The highest BCUT2D eigenvalue weighted by Gasteiger charge is 2.63. The Bertz CT molecular complexity index is 485. The Morgan fingerprint density at radius 2 is 1.84 bits per heavy atom. The summed E-state index contributed by atoms with van der Waals surface area (Å²) in [6.07, 6.45) is -5.80. The number of carbonyl (C=O) groups excluding carboxylic acids is 1. The average molecular weight is 286 g/mol. The Morgan fingerprint density at radius 3 is 2.32 bits per heavy atom. The molecular formula is C10H8F6N2O. The van der Waals surface area contributed by atoms with Gasteiger partial charge in [0.2, 0.25) is 5.95 Å². The van der Waals surface area contributed by atoms with Gasteiger partial charge < -0.3 is 5.32 Å². The summed E-state index contributed by atoms with van der Waals surface area (Å²) < 4.78 is 74.0. The van der Waals surface area contributed by atoms with Gasteiger partial charge in [-0.1, -0.05) is 6.92 Å². The van der Waals surface area contributed by atoms with Gasteiger partial charge in [0.05, 0.1) is 0 Å². The normalized spacial score (nSPS) is 12.4. The van der Waals surface area contributed by atoms with E-state index in [4.69, 9.17) is 0 Å². The number of halogens is 6. The Hall–Kier alpha value is -1.80. The molecule has 1 rings (SSSR count). The zero-order valence-electron chi connectivity index (χ0n) is 9.49. The third kappa shape index (κ3) is 3.36. The third-order valence-corrected chi connectivity index (χ3v) is 2.11. The van der Waals surface area contributed by atoms with Crippen LogP contribution in [0.4, 0.5) is 32.0 Å². The number of anilines is 1. The minimum Gasteiger partial charge on any atom is -0.320 e. The number of alkyl halides is 5. The van der Waals surface area contributed by atoms with Crippen molar-refractivity contribution in [3.8, 4) is 0 Å². The van der Waals surface area contributed by atoms with Crippen molar-refractivity contribution < 1.29 is 31.1 Å². The number of pyridine rings is 1. The molecule has 0 unspecified atom stereocenters. The maximum absolute atomic E-state index is 12.9. The van der Waals surface area contributed by atoms with Crippen molar-refractivity contribution in [2.24, 2.45) is 0 Å². The van der Waals surface area contributed by atoms with Gasteiger partial charge in [0.25, 0.3) is 0 Å². The van der Waals surface area contributed by atoms with E-state index in [-0.39, 0.29) is 12.1 Å². The Balaban J connectivity index is 2.97. The molecule has 0 bridgehead atoms. The standard InChI is InChI=1S/C10H8F6N2O/c1-2-5-3-6(4-7(11)17-5)18-8(19)9(12,13)10(14,15)16/h3-4H,2H2,1H3,(H,17,18,19). The molecule has 106 valence electrons. The SMILES string of the molecule is CCc1cc(NC(=O)C(F)(F)C(F)(F)F)cc(F)n1. The second kappa shape index (κ2) is 5.06. The maximum Gasteiger partial charge on any atom is 0.463 e. The largest absolute Gasteiger partial charge is 0.463 e. The van der Waals surface area contributed by atoms with Crippen molar-refractivity contribution in [3.63, 3.8) is 0 Å². The summed E-state index contributed by atoms with van der Waals surface area (Å²) in [6.45, 7) is 1.57. The molecule has 0 spiro atoms. The number of carbonyl (C=O) groups is 1. The van der Waals surface area contributed by atoms with E-state index >= 15 is 0 Å². The lowest BCUT2D eigenvalue weighted by atomic mass is 10.2. The van der Waals surface area contributed by atoms with Gasteiger partial charge in [-0.05, 0) is 12.5 Å². The smallest absolute Gasteiger partial charge is 0.320 e. The number of amides is 1. The van der Waals surface area contributed by atoms with Crippen LogP contribution in [0.3, 0.4) is 0 Å². The number of nitrogens with one attached hydrogen (secondary N) is 1. The first kappa shape index (κ1) is 15.3. The highest BCUT2D eigenvalue weighted by Crippen LogP contribution is 2.36. The molecule has 9 heteroatoms. The maximum atomic E-state index is 12.9. The quantitative estimate of drug-likeness (QED) is 0.685. The van der Waals surface area contributed by atoms with E-state index in [0.717, 1.165) is 6.07 Å². The molecule has 0 saturated heterocycles. The number of nitrogens with zero attached hydrogens (tertiary/aromatic N) is 1. The lowest BCUT2D eigenvalue weighted by Gasteiger charge is -2.18. The van der Waals surface area contributed by atoms with Gasteiger partial charge >= 0.3 is 18.0 Å². The van der Waals surface area contributed by atoms with Crippen molar-refractivity contribution in [2.75, 3.05) is 5.32 Å². The lowest BCUT2D eigenvalue weighted by Crippen LogP contribution is -2.47. The van der Waals surface area contributed by atoms with Gasteiger partial charge in [0, 0.05) is 17.4 Å². The fourth-order valence-corrected chi connectivity index (χ4v) is 1.14.